The van der Waals surface area contributed by atoms with E-state index in [1.165, 1.54) is 100 Å². The molecule has 0 radical (unpaired) electrons. The van der Waals surface area contributed by atoms with Crippen LogP contribution in [0.3, 0.4) is 0 Å². The van der Waals surface area contributed by atoms with Crippen LogP contribution in [0.4, 0.5) is 0 Å². The Balaban J connectivity index is 0.777. The monoisotopic (exact) mass is 916 g/mol. The SMILES string of the molecule is C1=CC2=C(CC1)C1(C3=C(C=CCC3)c3ccc(-c4ccc(-c5nc6ccccc6nc5-c5ccc(-c6ccc7c(c6)C6(C8=C(C=CCC8)c8ccccc86)c6ccccc6-7)cc5)cc4)cc31)c1ccccc12. The fourth-order valence-corrected chi connectivity index (χ4v) is 14.5. The van der Waals surface area contributed by atoms with Gasteiger partial charge in [0.15, 0.2) is 0 Å². The van der Waals surface area contributed by atoms with E-state index in [9.17, 15) is 0 Å². The normalized spacial score (nSPS) is 20.2. The molecule has 0 aliphatic heterocycles. The van der Waals surface area contributed by atoms with E-state index in [0.29, 0.717) is 0 Å². The molecular weight excluding hydrogens is 869 g/mol. The van der Waals surface area contributed by atoms with E-state index >= 15 is 0 Å². The third-order valence-corrected chi connectivity index (χ3v) is 17.4. The molecule has 7 aliphatic rings. The van der Waals surface area contributed by atoms with Crippen LogP contribution in [0.2, 0.25) is 0 Å². The molecule has 72 heavy (non-hydrogen) atoms. The predicted octanol–water partition coefficient (Wildman–Crippen LogP) is 17.3. The summed E-state index contributed by atoms with van der Waals surface area (Å²) in [6.45, 7) is 0. The summed E-state index contributed by atoms with van der Waals surface area (Å²) in [7, 11) is 0. The summed E-state index contributed by atoms with van der Waals surface area (Å²) in [4.78, 5) is 10.7. The molecular formula is C70H48N2. The Morgan fingerprint density at radius 1 is 0.292 bits per heavy atom. The lowest BCUT2D eigenvalue weighted by atomic mass is 9.65. The highest BCUT2D eigenvalue weighted by molar-refractivity contribution is 6.01. The molecule has 0 amide bonds. The van der Waals surface area contributed by atoms with Crippen LogP contribution in [0.1, 0.15) is 83.0 Å². The summed E-state index contributed by atoms with van der Waals surface area (Å²) >= 11 is 0. The Bertz CT molecular complexity index is 4070. The molecule has 2 unspecified atom stereocenters. The van der Waals surface area contributed by atoms with Crippen molar-refractivity contribution in [2.24, 2.45) is 0 Å². The van der Waals surface area contributed by atoms with Crippen LogP contribution in [0, 0.1) is 0 Å². The summed E-state index contributed by atoms with van der Waals surface area (Å²) < 4.78 is 0. The first kappa shape index (κ1) is 40.3. The van der Waals surface area contributed by atoms with E-state index < -0.39 is 0 Å². The van der Waals surface area contributed by atoms with Gasteiger partial charge in [-0.1, -0.05) is 194 Å². The second kappa shape index (κ2) is 15.0. The molecule has 16 rings (SSSR count). The number of rotatable bonds is 4. The zero-order valence-corrected chi connectivity index (χ0v) is 39.9. The van der Waals surface area contributed by atoms with Gasteiger partial charge >= 0.3 is 0 Å². The van der Waals surface area contributed by atoms with Crippen LogP contribution in [0.5, 0.6) is 0 Å². The van der Waals surface area contributed by atoms with Gasteiger partial charge in [0, 0.05) is 11.1 Å². The van der Waals surface area contributed by atoms with Crippen LogP contribution in [0.15, 0.2) is 235 Å². The summed E-state index contributed by atoms with van der Waals surface area (Å²) in [5.74, 6) is 0. The van der Waals surface area contributed by atoms with Crippen molar-refractivity contribution in [1.29, 1.82) is 0 Å². The van der Waals surface area contributed by atoms with Gasteiger partial charge in [-0.05, 0) is 174 Å². The fourth-order valence-electron chi connectivity index (χ4n) is 14.5. The maximum atomic E-state index is 5.36. The Labute approximate surface area is 420 Å². The fraction of sp³-hybridized carbons (Fsp3) is 0.114. The quantitative estimate of drug-likeness (QED) is 0.176. The van der Waals surface area contributed by atoms with Crippen molar-refractivity contribution in [3.8, 4) is 55.9 Å². The second-order valence-electron chi connectivity index (χ2n) is 20.7. The van der Waals surface area contributed by atoms with Gasteiger partial charge in [0.1, 0.15) is 0 Å². The average molecular weight is 917 g/mol. The zero-order chi connectivity index (χ0) is 47.1. The lowest BCUT2D eigenvalue weighted by Crippen LogP contribution is -2.29. The number of aromatic nitrogens is 2. The van der Waals surface area contributed by atoms with Crippen molar-refractivity contribution < 1.29 is 0 Å². The number of fused-ring (bicyclic) bond motifs is 18. The third kappa shape index (κ3) is 5.29. The van der Waals surface area contributed by atoms with Gasteiger partial charge in [0.25, 0.3) is 0 Å². The first-order chi connectivity index (χ1) is 35.7. The molecule has 9 aromatic rings. The smallest absolute Gasteiger partial charge is 0.0973 e. The minimum Gasteiger partial charge on any atom is -0.244 e. The lowest BCUT2D eigenvalue weighted by Gasteiger charge is -2.36. The number of hydrogen-bond acceptors (Lipinski definition) is 2. The maximum Gasteiger partial charge on any atom is 0.0973 e. The molecule has 2 nitrogen and oxygen atoms in total. The van der Waals surface area contributed by atoms with Crippen molar-refractivity contribution in [1.82, 2.24) is 9.97 Å². The van der Waals surface area contributed by atoms with Gasteiger partial charge in [-0.3, -0.25) is 0 Å². The summed E-state index contributed by atoms with van der Waals surface area (Å²) in [6, 6.07) is 68.3. The standard InChI is InChI=1S/C70H48N2/c1-7-21-57-49(15-1)50-16-2-8-22-58(50)69(57)61-25-11-5-19-53(61)55-39-37-47(41-63(55)69)43-29-33-45(34-30-43)67-68(72-66-28-14-13-27-65(66)71-67)46-35-31-44(32-36-46)48-38-40-56-54-20-6-12-26-62(54)70(64(56)42-48)59-23-9-3-17-51(59)52-18-4-10-24-60(52)70/h1-7,9,11,13-21,23,25,27-42H,8,10,12,22,24,26H2. The number of benzene rings is 8. The zero-order valence-electron chi connectivity index (χ0n) is 39.9. The molecule has 338 valence electrons. The molecule has 1 aromatic heterocycles. The second-order valence-corrected chi connectivity index (χ2v) is 20.7. The van der Waals surface area contributed by atoms with E-state index in [2.05, 4.69) is 218 Å². The lowest BCUT2D eigenvalue weighted by molar-refractivity contribution is 0.661. The number of allylic oxidation sites excluding steroid dienone is 12. The largest absolute Gasteiger partial charge is 0.244 e. The highest BCUT2D eigenvalue weighted by atomic mass is 14.8. The Hall–Kier alpha value is -8.46. The number of nitrogens with zero attached hydrogens (tertiary/aromatic N) is 2. The van der Waals surface area contributed by atoms with Crippen molar-refractivity contribution in [2.45, 2.75) is 49.4 Å². The molecule has 7 aliphatic carbocycles. The number of para-hydroxylation sites is 2. The highest BCUT2D eigenvalue weighted by Gasteiger charge is 2.54. The van der Waals surface area contributed by atoms with E-state index in [-0.39, 0.29) is 10.8 Å². The van der Waals surface area contributed by atoms with Gasteiger partial charge in [0.2, 0.25) is 0 Å². The molecule has 0 N–H and O–H groups in total. The van der Waals surface area contributed by atoms with Gasteiger partial charge in [-0.15, -0.1) is 0 Å². The molecule has 1 heterocycles. The molecule has 0 saturated carbocycles. The summed E-state index contributed by atoms with van der Waals surface area (Å²) in [5.41, 5.74) is 33.0. The molecule has 0 fully saturated rings. The van der Waals surface area contributed by atoms with Crippen molar-refractivity contribution >= 4 is 27.8 Å². The van der Waals surface area contributed by atoms with Gasteiger partial charge in [-0.25, -0.2) is 9.97 Å². The van der Waals surface area contributed by atoms with E-state index in [0.717, 1.165) is 72.1 Å². The molecule has 0 bridgehead atoms. The van der Waals surface area contributed by atoms with Crippen molar-refractivity contribution in [3.63, 3.8) is 0 Å². The van der Waals surface area contributed by atoms with E-state index in [1.807, 2.05) is 0 Å². The minimum absolute atomic E-state index is 0.210. The minimum atomic E-state index is -0.294. The van der Waals surface area contributed by atoms with Crippen LogP contribution in [-0.4, -0.2) is 9.97 Å². The molecule has 2 spiro atoms. The highest BCUT2D eigenvalue weighted by Crippen LogP contribution is 2.66. The Morgan fingerprint density at radius 2 is 0.639 bits per heavy atom. The molecule has 0 saturated heterocycles. The Morgan fingerprint density at radius 3 is 1.15 bits per heavy atom. The number of hydrogen-bond donors (Lipinski definition) is 0. The summed E-state index contributed by atoms with van der Waals surface area (Å²) in [6.07, 6.45) is 20.8. The van der Waals surface area contributed by atoms with Crippen molar-refractivity contribution in [3.05, 3.63) is 280 Å². The van der Waals surface area contributed by atoms with Crippen molar-refractivity contribution in [2.75, 3.05) is 0 Å². The first-order valence-electron chi connectivity index (χ1n) is 26.0. The molecule has 2 heteroatoms. The predicted molar refractivity (Wildman–Crippen MR) is 296 cm³/mol. The summed E-state index contributed by atoms with van der Waals surface area (Å²) in [5, 5.41) is 0. The first-order valence-corrected chi connectivity index (χ1v) is 26.0. The van der Waals surface area contributed by atoms with E-state index in [4.69, 9.17) is 9.97 Å². The van der Waals surface area contributed by atoms with E-state index in [1.54, 1.807) is 11.1 Å². The van der Waals surface area contributed by atoms with Crippen LogP contribution < -0.4 is 0 Å². The third-order valence-electron chi connectivity index (χ3n) is 17.4. The van der Waals surface area contributed by atoms with Crippen LogP contribution >= 0.6 is 0 Å². The van der Waals surface area contributed by atoms with Gasteiger partial charge in [-0.2, -0.15) is 0 Å². The van der Waals surface area contributed by atoms with Gasteiger partial charge < -0.3 is 0 Å². The molecule has 2 atom stereocenters. The average Bonchev–Trinajstić information content (AvgIpc) is 4.14. The van der Waals surface area contributed by atoms with Crippen LogP contribution in [0.25, 0.3) is 83.6 Å². The Kier molecular flexibility index (Phi) is 8.41. The topological polar surface area (TPSA) is 25.8 Å². The van der Waals surface area contributed by atoms with Crippen LogP contribution in [-0.2, 0) is 10.8 Å². The molecule has 8 aromatic carbocycles. The maximum absolute atomic E-state index is 5.36. The van der Waals surface area contributed by atoms with Gasteiger partial charge in [0.05, 0.1) is 33.3 Å².